The van der Waals surface area contributed by atoms with Crippen molar-refractivity contribution in [1.82, 2.24) is 5.32 Å². The van der Waals surface area contributed by atoms with Crippen LogP contribution in [-0.4, -0.2) is 42.3 Å². The van der Waals surface area contributed by atoms with Gasteiger partial charge >= 0.3 is 19.7 Å². The number of rotatable bonds is 7. The first-order chi connectivity index (χ1) is 11.5. The van der Waals surface area contributed by atoms with Crippen LogP contribution in [0.3, 0.4) is 0 Å². The summed E-state index contributed by atoms with van der Waals surface area (Å²) < 4.78 is 27.9. The Hall–Kier alpha value is -1.89. The molecule has 0 aliphatic heterocycles. The number of benzene rings is 1. The van der Waals surface area contributed by atoms with E-state index >= 15 is 0 Å². The summed E-state index contributed by atoms with van der Waals surface area (Å²) in [6, 6.07) is 8.42. The summed E-state index contributed by atoms with van der Waals surface area (Å²) in [6.07, 6.45) is -1.36. The van der Waals surface area contributed by atoms with Crippen molar-refractivity contribution in [2.45, 2.75) is 38.1 Å². The van der Waals surface area contributed by atoms with E-state index in [4.69, 9.17) is 13.8 Å². The van der Waals surface area contributed by atoms with Crippen molar-refractivity contribution >= 4 is 19.7 Å². The molecule has 0 aliphatic carbocycles. The number of carbonyl (C=O) groups is 2. The lowest BCUT2D eigenvalue weighted by Gasteiger charge is -2.35. The smallest absolute Gasteiger partial charge is 0.409 e. The fraction of sp³-hybridized carbons (Fsp3) is 0.500. The second-order valence-corrected chi connectivity index (χ2v) is 8.81. The topological polar surface area (TPSA) is 111 Å². The Bertz CT molecular complexity index is 648. The number of hydrogen-bond donors (Lipinski definition) is 2. The summed E-state index contributed by atoms with van der Waals surface area (Å²) >= 11 is 0. The molecule has 0 aliphatic rings. The summed E-state index contributed by atoms with van der Waals surface area (Å²) in [5.74, 6) is -1.56. The molecule has 0 fully saturated rings. The maximum atomic E-state index is 13.0. The Balaban J connectivity index is 3.39. The van der Waals surface area contributed by atoms with Crippen molar-refractivity contribution in [2.24, 2.45) is 0 Å². The van der Waals surface area contributed by atoms with Crippen LogP contribution in [0.15, 0.2) is 30.3 Å². The SMILES string of the molecule is COP(=O)(OC)C(Cc1ccccc1)(NC(=O)OC(C)(C)C)C(=O)O. The van der Waals surface area contributed by atoms with Gasteiger partial charge in [-0.15, -0.1) is 0 Å². The van der Waals surface area contributed by atoms with Crippen LogP contribution in [0.2, 0.25) is 0 Å². The zero-order valence-electron chi connectivity index (χ0n) is 14.9. The van der Waals surface area contributed by atoms with Gasteiger partial charge in [-0.1, -0.05) is 30.3 Å². The number of aliphatic carboxylic acids is 1. The van der Waals surface area contributed by atoms with E-state index in [1.165, 1.54) is 0 Å². The molecule has 9 heteroatoms. The number of alkyl carbamates (subject to hydrolysis) is 1. The van der Waals surface area contributed by atoms with E-state index in [1.807, 2.05) is 0 Å². The molecule has 25 heavy (non-hydrogen) atoms. The zero-order valence-corrected chi connectivity index (χ0v) is 15.8. The molecule has 0 saturated heterocycles. The summed E-state index contributed by atoms with van der Waals surface area (Å²) in [6.45, 7) is 4.87. The minimum atomic E-state index is -4.27. The highest BCUT2D eigenvalue weighted by atomic mass is 31.2. The Morgan fingerprint density at radius 3 is 2.04 bits per heavy atom. The van der Waals surface area contributed by atoms with Gasteiger partial charge in [0.1, 0.15) is 5.60 Å². The van der Waals surface area contributed by atoms with E-state index in [1.54, 1.807) is 51.1 Å². The largest absolute Gasteiger partial charge is 0.479 e. The molecule has 1 atom stereocenters. The molecule has 2 N–H and O–H groups in total. The Labute approximate surface area is 147 Å². The van der Waals surface area contributed by atoms with E-state index in [0.717, 1.165) is 14.2 Å². The lowest BCUT2D eigenvalue weighted by molar-refractivity contribution is -0.142. The van der Waals surface area contributed by atoms with Crippen molar-refractivity contribution in [3.8, 4) is 0 Å². The average molecular weight is 373 g/mol. The van der Waals surface area contributed by atoms with E-state index in [-0.39, 0.29) is 6.42 Å². The van der Waals surface area contributed by atoms with Crippen molar-refractivity contribution in [3.05, 3.63) is 35.9 Å². The van der Waals surface area contributed by atoms with Gasteiger partial charge in [0.25, 0.3) is 0 Å². The molecule has 1 aromatic carbocycles. The maximum Gasteiger partial charge on any atom is 0.409 e. The second-order valence-electron chi connectivity index (χ2n) is 6.32. The molecule has 0 spiro atoms. The number of carbonyl (C=O) groups excluding carboxylic acids is 1. The van der Waals surface area contributed by atoms with Gasteiger partial charge in [-0.3, -0.25) is 9.88 Å². The third kappa shape index (κ3) is 5.04. The fourth-order valence-electron chi connectivity index (χ4n) is 2.21. The third-order valence-electron chi connectivity index (χ3n) is 3.31. The predicted molar refractivity (Wildman–Crippen MR) is 91.5 cm³/mol. The van der Waals surface area contributed by atoms with Gasteiger partial charge in [-0.25, -0.2) is 9.59 Å². The summed E-state index contributed by atoms with van der Waals surface area (Å²) in [5, 5.41) is 9.68. The van der Waals surface area contributed by atoms with Crippen LogP contribution in [-0.2, 0) is 29.6 Å². The van der Waals surface area contributed by atoms with Crippen molar-refractivity contribution in [3.63, 3.8) is 0 Å². The van der Waals surface area contributed by atoms with E-state index in [9.17, 15) is 19.3 Å². The van der Waals surface area contributed by atoms with Crippen LogP contribution >= 0.6 is 7.60 Å². The number of hydrogen-bond acceptors (Lipinski definition) is 6. The fourth-order valence-corrected chi connectivity index (χ4v) is 3.82. The van der Waals surface area contributed by atoms with Crippen LogP contribution in [0, 0.1) is 0 Å². The van der Waals surface area contributed by atoms with Crippen LogP contribution in [0.5, 0.6) is 0 Å². The van der Waals surface area contributed by atoms with E-state index in [2.05, 4.69) is 5.32 Å². The van der Waals surface area contributed by atoms with Crippen molar-refractivity contribution in [2.75, 3.05) is 14.2 Å². The quantitative estimate of drug-likeness (QED) is 0.707. The normalized spacial score (nSPS) is 14.4. The lowest BCUT2D eigenvalue weighted by Crippen LogP contribution is -2.57. The Morgan fingerprint density at radius 2 is 1.64 bits per heavy atom. The van der Waals surface area contributed by atoms with E-state index < -0.39 is 30.5 Å². The lowest BCUT2D eigenvalue weighted by atomic mass is 10.1. The molecular formula is C16H24NO7P. The zero-order chi connectivity index (χ0) is 19.3. The number of amides is 1. The molecule has 8 nitrogen and oxygen atoms in total. The van der Waals surface area contributed by atoms with Crippen LogP contribution in [0.1, 0.15) is 26.3 Å². The minimum absolute atomic E-state index is 0.318. The first kappa shape index (κ1) is 21.2. The molecule has 0 aromatic heterocycles. The molecule has 0 heterocycles. The second kappa shape index (κ2) is 7.99. The molecule has 0 bridgehead atoms. The van der Waals surface area contributed by atoms with Gasteiger partial charge in [-0.05, 0) is 26.3 Å². The Kier molecular flexibility index (Phi) is 6.76. The number of carboxylic acid groups (broad SMARTS) is 1. The van der Waals surface area contributed by atoms with Crippen LogP contribution < -0.4 is 5.32 Å². The number of ether oxygens (including phenoxy) is 1. The monoisotopic (exact) mass is 373 g/mol. The Morgan fingerprint density at radius 1 is 1.12 bits per heavy atom. The van der Waals surface area contributed by atoms with Gasteiger partial charge in [0.15, 0.2) is 0 Å². The summed E-state index contributed by atoms with van der Waals surface area (Å²) in [5.41, 5.74) is -0.346. The highest BCUT2D eigenvalue weighted by Crippen LogP contribution is 2.59. The first-order valence-electron chi connectivity index (χ1n) is 7.50. The first-order valence-corrected chi connectivity index (χ1v) is 9.04. The highest BCUT2D eigenvalue weighted by Gasteiger charge is 2.58. The minimum Gasteiger partial charge on any atom is -0.479 e. The third-order valence-corrected chi connectivity index (χ3v) is 5.67. The molecular weight excluding hydrogens is 349 g/mol. The molecule has 1 amide bonds. The van der Waals surface area contributed by atoms with Crippen molar-refractivity contribution < 1.29 is 33.0 Å². The van der Waals surface area contributed by atoms with Gasteiger partial charge in [0, 0.05) is 20.6 Å². The molecule has 0 radical (unpaired) electrons. The summed E-state index contributed by atoms with van der Waals surface area (Å²) in [7, 11) is -2.16. The molecule has 1 aromatic rings. The predicted octanol–water partition coefficient (Wildman–Crippen LogP) is 3.02. The molecule has 0 saturated carbocycles. The van der Waals surface area contributed by atoms with Crippen molar-refractivity contribution in [1.29, 1.82) is 0 Å². The van der Waals surface area contributed by atoms with Crippen LogP contribution in [0.4, 0.5) is 4.79 Å². The number of carboxylic acids is 1. The molecule has 1 rings (SSSR count). The molecule has 140 valence electrons. The standard InChI is InChI=1S/C16H24NO7P/c1-15(2,3)24-14(20)17-16(13(18)19,25(21,22-4)23-5)11-12-9-7-6-8-10-12/h6-10H,11H2,1-5H3,(H,17,20)(H,18,19). The van der Waals surface area contributed by atoms with Gasteiger partial charge in [0.05, 0.1) is 0 Å². The van der Waals surface area contributed by atoms with E-state index in [0.29, 0.717) is 5.56 Å². The summed E-state index contributed by atoms with van der Waals surface area (Å²) in [4.78, 5) is 24.3. The van der Waals surface area contributed by atoms with Gasteiger partial charge < -0.3 is 18.9 Å². The van der Waals surface area contributed by atoms with Gasteiger partial charge in [0.2, 0.25) is 5.28 Å². The highest BCUT2D eigenvalue weighted by molar-refractivity contribution is 7.56. The average Bonchev–Trinajstić information content (AvgIpc) is 2.52. The van der Waals surface area contributed by atoms with Gasteiger partial charge in [-0.2, -0.15) is 0 Å². The number of nitrogens with one attached hydrogen (secondary N) is 1. The van der Waals surface area contributed by atoms with Crippen LogP contribution in [0.25, 0.3) is 0 Å². The molecule has 1 unspecified atom stereocenters. The maximum absolute atomic E-state index is 13.0.